The molecule has 2 aromatic rings. The first kappa shape index (κ1) is 18.0. The molecule has 2 rings (SSSR count). The molecule has 126 valence electrons. The van der Waals surface area contributed by atoms with Crippen LogP contribution in [-0.2, 0) is 16.1 Å². The number of amides is 2. The maximum absolute atomic E-state index is 12.3. The lowest BCUT2D eigenvalue weighted by atomic mass is 10.1. The summed E-state index contributed by atoms with van der Waals surface area (Å²) in [7, 11) is 0. The van der Waals surface area contributed by atoms with Crippen molar-refractivity contribution in [1.82, 2.24) is 5.32 Å². The Kier molecular flexibility index (Phi) is 5.99. The third kappa shape index (κ3) is 4.36. The largest absolute Gasteiger partial charge is 0.350 e. The number of nitrogens with one attached hydrogen (secondary N) is 1. The number of anilines is 1. The van der Waals surface area contributed by atoms with Crippen LogP contribution < -0.4 is 10.2 Å². The molecule has 0 aliphatic heterocycles. The predicted octanol–water partition coefficient (Wildman–Crippen LogP) is 3.63. The number of para-hydroxylation sites is 1. The fourth-order valence-electron chi connectivity index (χ4n) is 2.61. The first-order chi connectivity index (χ1) is 11.4. The van der Waals surface area contributed by atoms with Crippen LogP contribution in [0.4, 0.5) is 5.69 Å². The van der Waals surface area contributed by atoms with Gasteiger partial charge in [0.2, 0.25) is 11.8 Å². The Labute approximate surface area is 147 Å². The van der Waals surface area contributed by atoms with Crippen molar-refractivity contribution in [2.45, 2.75) is 27.3 Å². The minimum absolute atomic E-state index is 0.0223. The standard InChI is InChI=1S/C19H21ClN2O2/c1-13-7-6-8-14(2)19(13)22(15(3)23)12-18(24)21-11-16-9-4-5-10-17(16)20/h4-10H,11-12H2,1-3H3,(H,21,24). The van der Waals surface area contributed by atoms with E-state index in [0.29, 0.717) is 11.6 Å². The number of carbonyl (C=O) groups excluding carboxylic acids is 2. The van der Waals surface area contributed by atoms with Crippen molar-refractivity contribution in [3.63, 3.8) is 0 Å². The van der Waals surface area contributed by atoms with Crippen LogP contribution in [0, 0.1) is 13.8 Å². The zero-order chi connectivity index (χ0) is 17.7. The Balaban J connectivity index is 2.10. The molecule has 4 nitrogen and oxygen atoms in total. The van der Waals surface area contributed by atoms with Gasteiger partial charge in [0.15, 0.2) is 0 Å². The van der Waals surface area contributed by atoms with Crippen LogP contribution in [0.3, 0.4) is 0 Å². The van der Waals surface area contributed by atoms with Gasteiger partial charge in [-0.1, -0.05) is 48.0 Å². The summed E-state index contributed by atoms with van der Waals surface area (Å²) in [5.41, 5.74) is 3.56. The molecule has 0 aliphatic rings. The summed E-state index contributed by atoms with van der Waals surface area (Å²) < 4.78 is 0. The van der Waals surface area contributed by atoms with Crippen molar-refractivity contribution in [3.8, 4) is 0 Å². The molecular weight excluding hydrogens is 324 g/mol. The molecule has 0 saturated heterocycles. The van der Waals surface area contributed by atoms with E-state index in [-0.39, 0.29) is 18.4 Å². The van der Waals surface area contributed by atoms with E-state index in [0.717, 1.165) is 22.4 Å². The summed E-state index contributed by atoms with van der Waals surface area (Å²) in [5, 5.41) is 3.42. The van der Waals surface area contributed by atoms with Crippen molar-refractivity contribution in [1.29, 1.82) is 0 Å². The third-order valence-corrected chi connectivity index (χ3v) is 4.19. The molecule has 5 heteroatoms. The molecule has 0 fully saturated rings. The van der Waals surface area contributed by atoms with E-state index >= 15 is 0 Å². The van der Waals surface area contributed by atoms with Crippen LogP contribution in [0.25, 0.3) is 0 Å². The average molecular weight is 345 g/mol. The molecule has 2 amide bonds. The first-order valence-corrected chi connectivity index (χ1v) is 8.12. The number of hydrogen-bond donors (Lipinski definition) is 1. The summed E-state index contributed by atoms with van der Waals surface area (Å²) in [4.78, 5) is 25.8. The molecule has 24 heavy (non-hydrogen) atoms. The van der Waals surface area contributed by atoms with Gasteiger partial charge in [0.05, 0.1) is 5.69 Å². The van der Waals surface area contributed by atoms with Crippen molar-refractivity contribution >= 4 is 29.1 Å². The highest BCUT2D eigenvalue weighted by molar-refractivity contribution is 6.31. The van der Waals surface area contributed by atoms with E-state index in [2.05, 4.69) is 5.32 Å². The van der Waals surface area contributed by atoms with Crippen LogP contribution in [0.5, 0.6) is 0 Å². The number of halogens is 1. The summed E-state index contributed by atoms with van der Waals surface area (Å²) in [5.74, 6) is -0.395. The second kappa shape index (κ2) is 7.97. The van der Waals surface area contributed by atoms with E-state index in [4.69, 9.17) is 11.6 Å². The Bertz CT molecular complexity index is 739. The Morgan fingerprint density at radius 1 is 1.04 bits per heavy atom. The van der Waals surface area contributed by atoms with Gasteiger partial charge in [0.25, 0.3) is 0 Å². The number of rotatable bonds is 5. The normalized spacial score (nSPS) is 10.3. The van der Waals surface area contributed by atoms with Crippen molar-refractivity contribution in [2.24, 2.45) is 0 Å². The van der Waals surface area contributed by atoms with Crippen molar-refractivity contribution in [3.05, 3.63) is 64.2 Å². The lowest BCUT2D eigenvalue weighted by molar-refractivity contribution is -0.123. The van der Waals surface area contributed by atoms with Crippen molar-refractivity contribution in [2.75, 3.05) is 11.4 Å². The molecule has 0 atom stereocenters. The van der Waals surface area contributed by atoms with Gasteiger partial charge >= 0.3 is 0 Å². The highest BCUT2D eigenvalue weighted by Crippen LogP contribution is 2.24. The molecule has 1 N–H and O–H groups in total. The molecular formula is C19H21ClN2O2. The van der Waals surface area contributed by atoms with Gasteiger partial charge in [-0.05, 0) is 36.6 Å². The van der Waals surface area contributed by atoms with Gasteiger partial charge in [-0.25, -0.2) is 0 Å². The summed E-state index contributed by atoms with van der Waals surface area (Å²) in [6.07, 6.45) is 0. The smallest absolute Gasteiger partial charge is 0.240 e. The average Bonchev–Trinajstić information content (AvgIpc) is 2.52. The molecule has 0 aliphatic carbocycles. The van der Waals surface area contributed by atoms with Crippen LogP contribution in [0.2, 0.25) is 5.02 Å². The predicted molar refractivity (Wildman–Crippen MR) is 97.2 cm³/mol. The van der Waals surface area contributed by atoms with Crippen LogP contribution >= 0.6 is 11.6 Å². The topological polar surface area (TPSA) is 49.4 Å². The van der Waals surface area contributed by atoms with Crippen LogP contribution in [0.1, 0.15) is 23.6 Å². The maximum atomic E-state index is 12.3. The third-order valence-electron chi connectivity index (χ3n) is 3.83. The van der Waals surface area contributed by atoms with E-state index in [1.807, 2.05) is 50.2 Å². The fourth-order valence-corrected chi connectivity index (χ4v) is 2.82. The van der Waals surface area contributed by atoms with Gasteiger partial charge in [0.1, 0.15) is 6.54 Å². The second-order valence-corrected chi connectivity index (χ2v) is 6.12. The van der Waals surface area contributed by atoms with Gasteiger partial charge in [-0.15, -0.1) is 0 Å². The summed E-state index contributed by atoms with van der Waals surface area (Å²) in [6.45, 7) is 5.63. The highest BCUT2D eigenvalue weighted by Gasteiger charge is 2.19. The van der Waals surface area contributed by atoms with Gasteiger partial charge in [-0.3, -0.25) is 9.59 Å². The van der Waals surface area contributed by atoms with Crippen molar-refractivity contribution < 1.29 is 9.59 Å². The van der Waals surface area contributed by atoms with Gasteiger partial charge in [-0.2, -0.15) is 0 Å². The lowest BCUT2D eigenvalue weighted by Crippen LogP contribution is -2.40. The lowest BCUT2D eigenvalue weighted by Gasteiger charge is -2.24. The van der Waals surface area contributed by atoms with Gasteiger partial charge in [0, 0.05) is 18.5 Å². The molecule has 2 aromatic carbocycles. The Morgan fingerprint density at radius 3 is 2.25 bits per heavy atom. The van der Waals surface area contributed by atoms with Crippen LogP contribution in [0.15, 0.2) is 42.5 Å². The molecule has 0 saturated carbocycles. The Hall–Kier alpha value is -2.33. The van der Waals surface area contributed by atoms with E-state index in [1.165, 1.54) is 11.8 Å². The molecule has 0 heterocycles. The fraction of sp³-hybridized carbons (Fsp3) is 0.263. The number of aryl methyl sites for hydroxylation is 2. The zero-order valence-electron chi connectivity index (χ0n) is 14.1. The minimum atomic E-state index is -0.229. The molecule has 0 bridgehead atoms. The number of benzene rings is 2. The molecule has 0 unspecified atom stereocenters. The zero-order valence-corrected chi connectivity index (χ0v) is 14.9. The summed E-state index contributed by atoms with van der Waals surface area (Å²) in [6, 6.07) is 13.1. The summed E-state index contributed by atoms with van der Waals surface area (Å²) >= 11 is 6.09. The highest BCUT2D eigenvalue weighted by atomic mass is 35.5. The van der Waals surface area contributed by atoms with Crippen LogP contribution in [-0.4, -0.2) is 18.4 Å². The van der Waals surface area contributed by atoms with Gasteiger partial charge < -0.3 is 10.2 Å². The van der Waals surface area contributed by atoms with E-state index < -0.39 is 0 Å². The second-order valence-electron chi connectivity index (χ2n) is 5.71. The molecule has 0 spiro atoms. The Morgan fingerprint density at radius 2 is 1.67 bits per heavy atom. The van der Waals surface area contributed by atoms with E-state index in [9.17, 15) is 9.59 Å². The first-order valence-electron chi connectivity index (χ1n) is 7.74. The SMILES string of the molecule is CC(=O)N(CC(=O)NCc1ccccc1Cl)c1c(C)cccc1C. The number of nitrogens with zero attached hydrogens (tertiary/aromatic N) is 1. The maximum Gasteiger partial charge on any atom is 0.240 e. The number of carbonyl (C=O) groups is 2. The number of hydrogen-bond acceptors (Lipinski definition) is 2. The quantitative estimate of drug-likeness (QED) is 0.900. The monoisotopic (exact) mass is 344 g/mol. The van der Waals surface area contributed by atoms with E-state index in [1.54, 1.807) is 6.07 Å². The minimum Gasteiger partial charge on any atom is -0.350 e. The molecule has 0 aromatic heterocycles. The molecule has 0 radical (unpaired) electrons.